The van der Waals surface area contributed by atoms with Gasteiger partial charge in [0.05, 0.1) is 6.04 Å². The molecule has 2 heterocycles. The van der Waals surface area contributed by atoms with E-state index >= 15 is 0 Å². The highest BCUT2D eigenvalue weighted by Gasteiger charge is 2.32. The number of Topliss-reactive ketones (excluding diaryl/α,β-unsaturated/α-hetero) is 1. The zero-order valence-electron chi connectivity index (χ0n) is 7.49. The van der Waals surface area contributed by atoms with Crippen LogP contribution in [0.2, 0.25) is 0 Å². The van der Waals surface area contributed by atoms with Crippen LogP contribution in [0.4, 0.5) is 5.69 Å². The number of carbonyl (C=O) groups excluding carboxylic acids is 1. The number of thioether (sulfide) groups is 1. The fourth-order valence-electron chi connectivity index (χ4n) is 1.89. The molecule has 2 nitrogen and oxygen atoms in total. The van der Waals surface area contributed by atoms with Crippen molar-refractivity contribution >= 4 is 23.2 Å². The summed E-state index contributed by atoms with van der Waals surface area (Å²) in [5.74, 6) is 1.16. The zero-order valence-corrected chi connectivity index (χ0v) is 8.30. The van der Waals surface area contributed by atoms with E-state index in [2.05, 4.69) is 5.32 Å². The lowest BCUT2D eigenvalue weighted by molar-refractivity contribution is 0.102. The monoisotopic (exact) mass is 203 g/mol. The van der Waals surface area contributed by atoms with Gasteiger partial charge in [-0.05, 0) is 17.5 Å². The maximum Gasteiger partial charge on any atom is 0.193 e. The van der Waals surface area contributed by atoms with Crippen molar-refractivity contribution in [3.05, 3.63) is 40.8 Å². The molecule has 1 N–H and O–H groups in total. The fraction of sp³-hybridized carbons (Fsp3) is 0.182. The summed E-state index contributed by atoms with van der Waals surface area (Å²) in [6.07, 6.45) is 0. The lowest BCUT2D eigenvalue weighted by Crippen LogP contribution is -2.31. The second-order valence-corrected chi connectivity index (χ2v) is 4.38. The molecule has 1 aromatic carbocycles. The van der Waals surface area contributed by atoms with Gasteiger partial charge in [0.1, 0.15) is 0 Å². The Hall–Kier alpha value is -1.22. The topological polar surface area (TPSA) is 29.1 Å². The predicted octanol–water partition coefficient (Wildman–Crippen LogP) is 2.29. The molecule has 0 spiro atoms. The summed E-state index contributed by atoms with van der Waals surface area (Å²) in [5.41, 5.74) is 2.70. The minimum atomic E-state index is 0.189. The second-order valence-electron chi connectivity index (χ2n) is 3.48. The van der Waals surface area contributed by atoms with Crippen molar-refractivity contribution in [1.29, 1.82) is 0 Å². The van der Waals surface area contributed by atoms with Crippen LogP contribution < -0.4 is 5.32 Å². The molecule has 0 fully saturated rings. The first-order valence-corrected chi connectivity index (χ1v) is 5.63. The summed E-state index contributed by atoms with van der Waals surface area (Å²) >= 11 is 1.71. The van der Waals surface area contributed by atoms with Crippen molar-refractivity contribution in [1.82, 2.24) is 0 Å². The lowest BCUT2D eigenvalue weighted by atomic mass is 9.94. The molecule has 0 saturated heterocycles. The summed E-state index contributed by atoms with van der Waals surface area (Å²) < 4.78 is 0. The van der Waals surface area contributed by atoms with Crippen LogP contribution in [-0.4, -0.2) is 17.6 Å². The highest BCUT2D eigenvalue weighted by Crippen LogP contribution is 2.34. The number of nitrogens with one attached hydrogen (secondary N) is 1. The molecule has 0 bridgehead atoms. The van der Waals surface area contributed by atoms with Gasteiger partial charge in [0.25, 0.3) is 0 Å². The molecule has 1 atom stereocenters. The molecule has 3 heteroatoms. The first-order valence-electron chi connectivity index (χ1n) is 4.58. The fourth-order valence-corrected chi connectivity index (χ4v) is 2.89. The van der Waals surface area contributed by atoms with Crippen LogP contribution in [0.3, 0.4) is 0 Å². The molecule has 70 valence electrons. The Bertz CT molecular complexity index is 439. The summed E-state index contributed by atoms with van der Waals surface area (Å²) in [4.78, 5) is 12.0. The van der Waals surface area contributed by atoms with E-state index in [1.54, 1.807) is 11.8 Å². The van der Waals surface area contributed by atoms with Crippen LogP contribution in [0, 0.1) is 0 Å². The number of para-hydroxylation sites is 1. The zero-order chi connectivity index (χ0) is 9.54. The number of ketones is 1. The number of carbonyl (C=O) groups is 1. The minimum absolute atomic E-state index is 0.189. The van der Waals surface area contributed by atoms with E-state index in [-0.39, 0.29) is 11.8 Å². The summed E-state index contributed by atoms with van der Waals surface area (Å²) in [6, 6.07) is 7.93. The van der Waals surface area contributed by atoms with Crippen molar-refractivity contribution in [3.8, 4) is 0 Å². The predicted molar refractivity (Wildman–Crippen MR) is 58.7 cm³/mol. The molecule has 0 amide bonds. The van der Waals surface area contributed by atoms with Gasteiger partial charge in [-0.1, -0.05) is 12.1 Å². The molecule has 0 saturated carbocycles. The molecular formula is C11H9NOS. The van der Waals surface area contributed by atoms with Crippen LogP contribution in [0.15, 0.2) is 35.2 Å². The molecule has 1 unspecified atom stereocenters. The second kappa shape index (κ2) is 2.89. The average Bonchev–Trinajstić information content (AvgIpc) is 2.66. The van der Waals surface area contributed by atoms with Crippen LogP contribution in [-0.2, 0) is 0 Å². The lowest BCUT2D eigenvalue weighted by Gasteiger charge is -2.24. The van der Waals surface area contributed by atoms with Gasteiger partial charge in [-0.3, -0.25) is 4.79 Å². The summed E-state index contributed by atoms with van der Waals surface area (Å²) in [5, 5.41) is 5.36. The Morgan fingerprint density at radius 2 is 2.21 bits per heavy atom. The average molecular weight is 203 g/mol. The van der Waals surface area contributed by atoms with E-state index in [1.807, 2.05) is 29.7 Å². The molecule has 3 rings (SSSR count). The highest BCUT2D eigenvalue weighted by atomic mass is 32.2. The molecule has 1 aromatic rings. The molecule has 2 aliphatic heterocycles. The highest BCUT2D eigenvalue weighted by molar-refractivity contribution is 8.02. The third-order valence-electron chi connectivity index (χ3n) is 2.61. The van der Waals surface area contributed by atoms with Gasteiger partial charge >= 0.3 is 0 Å². The Morgan fingerprint density at radius 1 is 1.36 bits per heavy atom. The number of hydrogen-bond donors (Lipinski definition) is 1. The van der Waals surface area contributed by atoms with E-state index in [1.165, 1.54) is 0 Å². The molecule has 0 aliphatic carbocycles. The van der Waals surface area contributed by atoms with Crippen LogP contribution >= 0.6 is 11.8 Å². The van der Waals surface area contributed by atoms with E-state index in [0.29, 0.717) is 0 Å². The van der Waals surface area contributed by atoms with Crippen molar-refractivity contribution in [2.45, 2.75) is 6.04 Å². The molecule has 0 radical (unpaired) electrons. The number of benzene rings is 1. The van der Waals surface area contributed by atoms with Crippen molar-refractivity contribution in [2.24, 2.45) is 0 Å². The molecule has 2 aliphatic rings. The van der Waals surface area contributed by atoms with Crippen molar-refractivity contribution < 1.29 is 4.79 Å². The summed E-state index contributed by atoms with van der Waals surface area (Å²) in [7, 11) is 0. The van der Waals surface area contributed by atoms with Crippen molar-refractivity contribution in [3.63, 3.8) is 0 Å². The molecular weight excluding hydrogens is 194 g/mol. The standard InChI is InChI=1S/C11H9NOS/c13-11-7-3-1-2-4-9(7)12-10-6-14-5-8(10)11/h1-5,10,12H,6H2. The van der Waals surface area contributed by atoms with Gasteiger partial charge in [-0.15, -0.1) is 11.8 Å². The Labute approximate surface area is 86.4 Å². The Morgan fingerprint density at radius 3 is 3.14 bits per heavy atom. The van der Waals surface area contributed by atoms with Gasteiger partial charge in [0, 0.05) is 22.6 Å². The van der Waals surface area contributed by atoms with Crippen molar-refractivity contribution in [2.75, 3.05) is 11.1 Å². The van der Waals surface area contributed by atoms with Crippen LogP contribution in [0.1, 0.15) is 10.4 Å². The van der Waals surface area contributed by atoms with Gasteiger partial charge in [0.15, 0.2) is 5.78 Å². The molecule has 0 aromatic heterocycles. The number of fused-ring (bicyclic) bond motifs is 2. The normalized spacial score (nSPS) is 23.6. The van der Waals surface area contributed by atoms with Crippen LogP contribution in [0.5, 0.6) is 0 Å². The van der Waals surface area contributed by atoms with Gasteiger partial charge < -0.3 is 5.32 Å². The van der Waals surface area contributed by atoms with Gasteiger partial charge in [-0.25, -0.2) is 0 Å². The quantitative estimate of drug-likeness (QED) is 0.701. The maximum atomic E-state index is 12.0. The van der Waals surface area contributed by atoms with E-state index in [4.69, 9.17) is 0 Å². The number of hydrogen-bond acceptors (Lipinski definition) is 3. The number of rotatable bonds is 0. The Kier molecular flexibility index (Phi) is 1.67. The third kappa shape index (κ3) is 1.02. The van der Waals surface area contributed by atoms with Crippen LogP contribution in [0.25, 0.3) is 0 Å². The first kappa shape index (κ1) is 8.12. The van der Waals surface area contributed by atoms with Gasteiger partial charge in [0.2, 0.25) is 0 Å². The smallest absolute Gasteiger partial charge is 0.193 e. The number of anilines is 1. The molecule has 14 heavy (non-hydrogen) atoms. The summed E-state index contributed by atoms with van der Waals surface area (Å²) in [6.45, 7) is 0. The van der Waals surface area contributed by atoms with Gasteiger partial charge in [-0.2, -0.15) is 0 Å². The maximum absolute atomic E-state index is 12.0. The first-order chi connectivity index (χ1) is 6.86. The van der Waals surface area contributed by atoms with E-state index in [0.717, 1.165) is 22.6 Å². The van der Waals surface area contributed by atoms with E-state index in [9.17, 15) is 4.79 Å². The Balaban J connectivity index is 2.16. The van der Waals surface area contributed by atoms with E-state index < -0.39 is 0 Å². The SMILES string of the molecule is O=C1C2=CSCC2Nc2ccccc21. The minimum Gasteiger partial charge on any atom is -0.377 e. The third-order valence-corrected chi connectivity index (χ3v) is 3.56. The largest absolute Gasteiger partial charge is 0.377 e.